The molecule has 19 heavy (non-hydrogen) atoms. The molecular formula is C10H16F3NO4S. The van der Waals surface area contributed by atoms with Crippen molar-refractivity contribution in [2.45, 2.75) is 32.4 Å². The fourth-order valence-electron chi connectivity index (χ4n) is 2.00. The van der Waals surface area contributed by atoms with Gasteiger partial charge in [-0.05, 0) is 12.8 Å². The van der Waals surface area contributed by atoms with Gasteiger partial charge in [0.25, 0.3) is 0 Å². The van der Waals surface area contributed by atoms with Crippen molar-refractivity contribution in [2.24, 2.45) is 5.41 Å². The van der Waals surface area contributed by atoms with E-state index in [4.69, 9.17) is 5.11 Å². The van der Waals surface area contributed by atoms with Crippen LogP contribution in [-0.4, -0.2) is 48.8 Å². The largest absolute Gasteiger partial charge is 0.481 e. The van der Waals surface area contributed by atoms with E-state index in [0.717, 1.165) is 0 Å². The first-order chi connectivity index (χ1) is 8.57. The summed E-state index contributed by atoms with van der Waals surface area (Å²) < 4.78 is 62.9. The van der Waals surface area contributed by atoms with Crippen LogP contribution < -0.4 is 0 Å². The summed E-state index contributed by atoms with van der Waals surface area (Å²) in [6.45, 7) is 0.326. The lowest BCUT2D eigenvalue weighted by Gasteiger charge is -2.27. The van der Waals surface area contributed by atoms with Gasteiger partial charge in [0.15, 0.2) is 5.41 Å². The third-order valence-corrected chi connectivity index (χ3v) is 5.24. The van der Waals surface area contributed by atoms with Gasteiger partial charge < -0.3 is 5.11 Å². The molecule has 1 N–H and O–H groups in total. The van der Waals surface area contributed by atoms with Crippen LogP contribution in [0.2, 0.25) is 0 Å². The molecular weight excluding hydrogens is 287 g/mol. The highest BCUT2D eigenvalue weighted by Gasteiger charge is 2.64. The molecule has 0 aromatic carbocycles. The van der Waals surface area contributed by atoms with Gasteiger partial charge in [0.1, 0.15) is 0 Å². The molecule has 1 aliphatic heterocycles. The van der Waals surface area contributed by atoms with Crippen LogP contribution in [0.1, 0.15) is 26.2 Å². The number of halogens is 3. The minimum absolute atomic E-state index is 0.253. The van der Waals surface area contributed by atoms with Crippen LogP contribution in [0.15, 0.2) is 0 Å². The Balaban J connectivity index is 2.95. The Morgan fingerprint density at radius 2 is 2.00 bits per heavy atom. The molecule has 0 spiro atoms. The minimum Gasteiger partial charge on any atom is -0.481 e. The zero-order valence-corrected chi connectivity index (χ0v) is 11.2. The summed E-state index contributed by atoms with van der Waals surface area (Å²) in [4.78, 5) is 10.9. The lowest BCUT2D eigenvalue weighted by atomic mass is 9.86. The van der Waals surface area contributed by atoms with Crippen LogP contribution in [0.5, 0.6) is 0 Å². The van der Waals surface area contributed by atoms with Crippen molar-refractivity contribution in [2.75, 3.05) is 18.8 Å². The van der Waals surface area contributed by atoms with Crippen molar-refractivity contribution >= 4 is 16.0 Å². The summed E-state index contributed by atoms with van der Waals surface area (Å²) >= 11 is 0. The molecule has 0 saturated carbocycles. The Morgan fingerprint density at radius 3 is 2.37 bits per heavy atom. The molecule has 1 rings (SSSR count). The number of aliphatic carboxylic acids is 1. The number of carboxylic acid groups (broad SMARTS) is 1. The molecule has 1 fully saturated rings. The van der Waals surface area contributed by atoms with E-state index in [9.17, 15) is 26.4 Å². The van der Waals surface area contributed by atoms with E-state index in [0.29, 0.717) is 17.1 Å². The standard InChI is InChI=1S/C10H16F3NO4S/c1-2-3-6-19(17,18)14-5-4-9(7-14,8(15)16)10(11,12)13/h2-7H2,1H3,(H,15,16). The van der Waals surface area contributed by atoms with Crippen molar-refractivity contribution in [3.05, 3.63) is 0 Å². The number of hydrogen-bond donors (Lipinski definition) is 1. The number of hydrogen-bond acceptors (Lipinski definition) is 3. The van der Waals surface area contributed by atoms with Crippen molar-refractivity contribution in [3.63, 3.8) is 0 Å². The highest BCUT2D eigenvalue weighted by Crippen LogP contribution is 2.46. The minimum atomic E-state index is -4.96. The zero-order valence-electron chi connectivity index (χ0n) is 10.4. The first-order valence-corrected chi connectivity index (χ1v) is 7.46. The summed E-state index contributed by atoms with van der Waals surface area (Å²) in [7, 11) is -3.82. The summed E-state index contributed by atoms with van der Waals surface area (Å²) in [5, 5.41) is 8.82. The fraction of sp³-hybridized carbons (Fsp3) is 0.900. The Bertz CT molecular complexity index is 448. The van der Waals surface area contributed by atoms with Crippen LogP contribution in [0.4, 0.5) is 13.2 Å². The maximum absolute atomic E-state index is 12.9. The van der Waals surface area contributed by atoms with Gasteiger partial charge in [-0.25, -0.2) is 12.7 Å². The second-order valence-electron chi connectivity index (χ2n) is 4.64. The molecule has 0 aromatic heterocycles. The SMILES string of the molecule is CCCCS(=O)(=O)N1CCC(C(=O)O)(C(F)(F)F)C1. The molecule has 112 valence electrons. The van der Waals surface area contributed by atoms with Gasteiger partial charge in [-0.15, -0.1) is 0 Å². The predicted molar refractivity (Wildman–Crippen MR) is 61.0 cm³/mol. The average molecular weight is 303 g/mol. The van der Waals surface area contributed by atoms with Crippen molar-refractivity contribution in [3.8, 4) is 0 Å². The van der Waals surface area contributed by atoms with E-state index < -0.39 is 47.1 Å². The number of sulfonamides is 1. The molecule has 1 atom stereocenters. The molecule has 5 nitrogen and oxygen atoms in total. The van der Waals surface area contributed by atoms with E-state index >= 15 is 0 Å². The van der Waals surface area contributed by atoms with Crippen LogP contribution in [0.3, 0.4) is 0 Å². The monoisotopic (exact) mass is 303 g/mol. The third-order valence-electron chi connectivity index (χ3n) is 3.34. The molecule has 0 radical (unpaired) electrons. The molecule has 1 saturated heterocycles. The molecule has 1 heterocycles. The van der Waals surface area contributed by atoms with E-state index in [2.05, 4.69) is 0 Å². The fourth-order valence-corrected chi connectivity index (χ4v) is 3.69. The molecule has 0 aromatic rings. The zero-order chi connectivity index (χ0) is 14.9. The van der Waals surface area contributed by atoms with Crippen molar-refractivity contribution in [1.82, 2.24) is 4.31 Å². The van der Waals surface area contributed by atoms with E-state index in [1.165, 1.54) is 0 Å². The summed E-state index contributed by atoms with van der Waals surface area (Å²) in [5.41, 5.74) is -2.98. The van der Waals surface area contributed by atoms with Gasteiger partial charge >= 0.3 is 12.1 Å². The van der Waals surface area contributed by atoms with E-state index in [1.807, 2.05) is 0 Å². The highest BCUT2D eigenvalue weighted by atomic mass is 32.2. The van der Waals surface area contributed by atoms with Crippen LogP contribution in [-0.2, 0) is 14.8 Å². The van der Waals surface area contributed by atoms with Crippen LogP contribution >= 0.6 is 0 Å². The van der Waals surface area contributed by atoms with Gasteiger partial charge in [-0.3, -0.25) is 4.79 Å². The summed E-state index contributed by atoms with van der Waals surface area (Å²) in [5.74, 6) is -2.27. The van der Waals surface area contributed by atoms with Gasteiger partial charge in [0.05, 0.1) is 5.75 Å². The Labute approximate surface area is 109 Å². The van der Waals surface area contributed by atoms with Crippen molar-refractivity contribution < 1.29 is 31.5 Å². The Morgan fingerprint density at radius 1 is 1.42 bits per heavy atom. The molecule has 9 heteroatoms. The van der Waals surface area contributed by atoms with Crippen LogP contribution in [0, 0.1) is 5.41 Å². The van der Waals surface area contributed by atoms with Gasteiger partial charge in [-0.2, -0.15) is 13.2 Å². The highest BCUT2D eigenvalue weighted by molar-refractivity contribution is 7.89. The third kappa shape index (κ3) is 3.02. The first kappa shape index (κ1) is 16.2. The van der Waals surface area contributed by atoms with E-state index in [1.54, 1.807) is 6.92 Å². The predicted octanol–water partition coefficient (Wildman–Crippen LogP) is 1.46. The normalized spacial score (nSPS) is 25.7. The van der Waals surface area contributed by atoms with Crippen molar-refractivity contribution in [1.29, 1.82) is 0 Å². The number of unbranched alkanes of at least 4 members (excludes halogenated alkanes) is 1. The topological polar surface area (TPSA) is 74.7 Å². The molecule has 0 amide bonds. The van der Waals surface area contributed by atoms with Gasteiger partial charge in [0, 0.05) is 13.1 Å². The number of alkyl halides is 3. The Hall–Kier alpha value is -0.830. The quantitative estimate of drug-likeness (QED) is 0.834. The number of rotatable bonds is 5. The molecule has 1 aliphatic rings. The average Bonchev–Trinajstić information content (AvgIpc) is 2.72. The van der Waals surface area contributed by atoms with E-state index in [-0.39, 0.29) is 5.75 Å². The number of carboxylic acids is 1. The molecule has 0 aliphatic carbocycles. The summed E-state index contributed by atoms with van der Waals surface area (Å²) in [6.07, 6.45) is -4.77. The number of carbonyl (C=O) groups is 1. The Kier molecular flexibility index (Phi) is 4.51. The number of nitrogens with zero attached hydrogens (tertiary/aromatic N) is 1. The smallest absolute Gasteiger partial charge is 0.406 e. The second-order valence-corrected chi connectivity index (χ2v) is 6.73. The summed E-state index contributed by atoms with van der Waals surface area (Å²) in [6, 6.07) is 0. The molecule has 0 bridgehead atoms. The maximum Gasteiger partial charge on any atom is 0.406 e. The first-order valence-electron chi connectivity index (χ1n) is 5.85. The van der Waals surface area contributed by atoms with Crippen LogP contribution in [0.25, 0.3) is 0 Å². The maximum atomic E-state index is 12.9. The lowest BCUT2D eigenvalue weighted by molar-refractivity contribution is -0.226. The second kappa shape index (κ2) is 5.28. The van der Waals surface area contributed by atoms with Gasteiger partial charge in [-0.1, -0.05) is 13.3 Å². The lowest BCUT2D eigenvalue weighted by Crippen LogP contribution is -2.47. The van der Waals surface area contributed by atoms with Gasteiger partial charge in [0.2, 0.25) is 10.0 Å². The molecule has 1 unspecified atom stereocenters.